The van der Waals surface area contributed by atoms with Gasteiger partial charge < -0.3 is 35.4 Å². The lowest BCUT2D eigenvalue weighted by molar-refractivity contribution is -0.313. The molecule has 0 aliphatic carbocycles. The van der Waals surface area contributed by atoms with Gasteiger partial charge in [-0.2, -0.15) is 0 Å². The summed E-state index contributed by atoms with van der Waals surface area (Å²) in [6, 6.07) is 45.0. The molecule has 7 aromatic carbocycles. The Labute approximate surface area is 602 Å². The minimum atomic E-state index is -0.365. The lowest BCUT2D eigenvalue weighted by Gasteiger charge is -2.46. The van der Waals surface area contributed by atoms with Crippen LogP contribution in [0.4, 0.5) is 0 Å². The summed E-state index contributed by atoms with van der Waals surface area (Å²) in [5.41, 5.74) is 12.3. The van der Waals surface area contributed by atoms with Crippen molar-refractivity contribution in [3.8, 4) is 28.7 Å². The van der Waals surface area contributed by atoms with E-state index in [2.05, 4.69) is 128 Å². The topological polar surface area (TPSA) is 210 Å². The molecule has 7 aromatic rings. The second-order valence-corrected chi connectivity index (χ2v) is 31.8. The molecule has 0 radical (unpaired) electrons. The first-order valence-electron chi connectivity index (χ1n) is 35.0. The Kier molecular flexibility index (Phi) is 31.5. The Bertz CT molecular complexity index is 3620. The van der Waals surface area contributed by atoms with Crippen LogP contribution >= 0.6 is 0 Å². The van der Waals surface area contributed by atoms with Gasteiger partial charge in [-0.25, -0.2) is 29.3 Å². The molecule has 9 rings (SSSR count). The van der Waals surface area contributed by atoms with E-state index in [0.29, 0.717) is 85.2 Å². The smallest absolute Gasteiger partial charge is 0.308 e. The summed E-state index contributed by atoms with van der Waals surface area (Å²) in [7, 11) is 0. The molecule has 2 aliphatic rings. The summed E-state index contributed by atoms with van der Waals surface area (Å²) in [6.45, 7) is 45.9. The van der Waals surface area contributed by atoms with E-state index in [-0.39, 0.29) is 68.0 Å². The number of benzene rings is 7. The highest BCUT2D eigenvalue weighted by Gasteiger charge is 2.39. The number of aryl methyl sites for hydroxylation is 5. The van der Waals surface area contributed by atoms with Crippen molar-refractivity contribution in [1.82, 2.24) is 10.6 Å². The van der Waals surface area contributed by atoms with E-state index in [1.807, 2.05) is 97.0 Å². The predicted octanol–water partition coefficient (Wildman–Crippen LogP) is 18.8. The molecule has 0 aromatic heterocycles. The second-order valence-electron chi connectivity index (χ2n) is 31.8. The largest absolute Gasteiger partial charge is 0.508 e. The molecule has 16 heteroatoms. The molecule has 2 fully saturated rings. The van der Waals surface area contributed by atoms with E-state index in [1.54, 1.807) is 38.1 Å². The van der Waals surface area contributed by atoms with Gasteiger partial charge in [0.2, 0.25) is 0 Å². The van der Waals surface area contributed by atoms with Gasteiger partial charge >= 0.3 is 11.9 Å². The van der Waals surface area contributed by atoms with Crippen LogP contribution in [0.3, 0.4) is 0 Å². The molecular weight excluding hydrogens is 1270 g/mol. The van der Waals surface area contributed by atoms with Crippen LogP contribution in [0.15, 0.2) is 146 Å². The molecule has 0 spiro atoms. The van der Waals surface area contributed by atoms with Crippen molar-refractivity contribution in [2.24, 2.45) is 11.8 Å². The summed E-state index contributed by atoms with van der Waals surface area (Å²) < 4.78 is 9.60. The average Bonchev–Trinajstić information content (AvgIpc) is 0.776. The van der Waals surface area contributed by atoms with E-state index in [9.17, 15) is 24.6 Å². The number of esters is 2. The molecule has 0 amide bonds. The zero-order chi connectivity index (χ0) is 75.1. The van der Waals surface area contributed by atoms with Crippen LogP contribution in [0.1, 0.15) is 220 Å². The molecule has 2 aliphatic heterocycles. The van der Waals surface area contributed by atoms with Crippen LogP contribution in [0.5, 0.6) is 28.7 Å². The number of aromatic hydroxyl groups is 3. The molecule has 16 nitrogen and oxygen atoms in total. The number of carbonyl (C=O) groups is 3. The highest BCUT2D eigenvalue weighted by Crippen LogP contribution is 2.41. The maximum atomic E-state index is 13.3. The minimum Gasteiger partial charge on any atom is -0.508 e. The third kappa shape index (κ3) is 30.8. The molecule has 101 heavy (non-hydrogen) atoms. The van der Waals surface area contributed by atoms with Crippen LogP contribution in [0, 0.1) is 46.5 Å². The van der Waals surface area contributed by atoms with Gasteiger partial charge in [0, 0.05) is 58.3 Å². The van der Waals surface area contributed by atoms with Crippen molar-refractivity contribution >= 4 is 17.7 Å². The van der Waals surface area contributed by atoms with Gasteiger partial charge in [0.1, 0.15) is 55.2 Å². The Morgan fingerprint density at radius 3 is 1.12 bits per heavy atom. The van der Waals surface area contributed by atoms with E-state index in [1.165, 1.54) is 67.6 Å². The van der Waals surface area contributed by atoms with Gasteiger partial charge in [-0.05, 0) is 227 Å². The number of phenolic OH excluding ortho intramolecular Hbond substituents is 3. The Balaban J connectivity index is 0.000000240. The van der Waals surface area contributed by atoms with Crippen molar-refractivity contribution in [1.29, 1.82) is 0 Å². The third-order valence-electron chi connectivity index (χ3n) is 17.0. The Morgan fingerprint density at radius 1 is 0.416 bits per heavy atom. The van der Waals surface area contributed by atoms with E-state index in [0.717, 1.165) is 52.6 Å². The number of phenols is 3. The fraction of sp³-hybridized carbons (Fsp3) is 0.471. The maximum absolute atomic E-state index is 13.3. The zero-order valence-electron chi connectivity index (χ0n) is 64.1. The summed E-state index contributed by atoms with van der Waals surface area (Å²) in [5.74, 6) is 2.02. The van der Waals surface area contributed by atoms with E-state index in [4.69, 9.17) is 43.9 Å². The van der Waals surface area contributed by atoms with Crippen molar-refractivity contribution in [2.45, 2.75) is 237 Å². The lowest BCUT2D eigenvalue weighted by atomic mass is 9.75. The number of carbonyl (C=O) groups excluding carboxylic acids is 3. The number of hydrogen-bond acceptors (Lipinski definition) is 16. The van der Waals surface area contributed by atoms with Gasteiger partial charge in [-0.3, -0.25) is 14.4 Å². The lowest BCUT2D eigenvalue weighted by Crippen LogP contribution is -2.58. The number of ketones is 1. The minimum absolute atomic E-state index is 0.0703. The normalized spacial score (nSPS) is 15.3. The third-order valence-corrected chi connectivity index (χ3v) is 17.0. The number of piperidine rings is 2. The van der Waals surface area contributed by atoms with Crippen LogP contribution < -0.4 is 20.1 Å². The van der Waals surface area contributed by atoms with Gasteiger partial charge in [-0.15, -0.1) is 0 Å². The molecule has 0 atom stereocenters. The second kappa shape index (κ2) is 37.9. The van der Waals surface area contributed by atoms with Crippen LogP contribution in [-0.4, -0.2) is 68.4 Å². The standard InChI is InChI=1S/C30H36O4.C19H31NO2.C18H29NO2.C10H12O3.C8H8O3/c1-20-8-10-21(11-9-20)18-33-34-19-22-12-14-23(15-13-22)27(31)24-16-25(29(2,3)4)28(32)26(17-24)30(5,6)7;1-15-6-8-16(9-7-15)14-22-21-11-10-17-12-18(2,3)20-19(4,5)13-17;1-14-6-8-15(9-7-14)12-20-21-13-16-10-17(2,3)19-18(4,5)11-16;1-6-4-9(13-8(3)11)5-7(2)10(6)12;1-6(9)11-8-4-2-7(10)3-5-8/h8-17,32H,18-19H2,1-7H3;6-9,17,20H,10-14H2,1-5H3;6-9,16,19H,10-13H2,1-5H3;4-5,12H,1-3H3;2-5,10H,1H3. The maximum Gasteiger partial charge on any atom is 0.308 e. The van der Waals surface area contributed by atoms with Crippen LogP contribution in [0.25, 0.3) is 0 Å². The van der Waals surface area contributed by atoms with Crippen molar-refractivity contribution in [3.05, 3.63) is 218 Å². The first-order valence-corrected chi connectivity index (χ1v) is 35.0. The van der Waals surface area contributed by atoms with Gasteiger partial charge in [0.05, 0.1) is 13.2 Å². The monoisotopic (exact) mass is 1390 g/mol. The summed E-state index contributed by atoms with van der Waals surface area (Å²) in [5, 5.41) is 36.6. The van der Waals surface area contributed by atoms with Crippen LogP contribution in [0.2, 0.25) is 0 Å². The highest BCUT2D eigenvalue weighted by atomic mass is 17.2. The molecular formula is C85H116N2O14. The summed E-state index contributed by atoms with van der Waals surface area (Å²) >= 11 is 0. The SMILES string of the molecule is CC(=O)Oc1cc(C)c(O)c(C)c1.CC(=O)Oc1ccc(O)cc1.Cc1ccc(COOCC2CC(C)(C)NC(C)(C)C2)cc1.Cc1ccc(COOCCC2CC(C)(C)NC(C)(C)C2)cc1.Cc1ccc(COOCc2ccc(C(=O)c3cc(C(C)(C)C)c(O)c(C(C)(C)C)c3)cc2)cc1. The van der Waals surface area contributed by atoms with Crippen LogP contribution in [-0.2, 0) is 76.2 Å². The van der Waals surface area contributed by atoms with E-state index >= 15 is 0 Å². The predicted molar refractivity (Wildman–Crippen MR) is 401 cm³/mol. The molecule has 0 unspecified atom stereocenters. The zero-order valence-corrected chi connectivity index (χ0v) is 64.1. The molecule has 550 valence electrons. The number of nitrogens with one attached hydrogen (secondary N) is 2. The first kappa shape index (κ1) is 83.9. The molecule has 5 N–H and O–H groups in total. The average molecular weight is 1390 g/mol. The number of ether oxygens (including phenoxy) is 2. The highest BCUT2D eigenvalue weighted by molar-refractivity contribution is 6.09. The first-order chi connectivity index (χ1) is 47.1. The van der Waals surface area contributed by atoms with Gasteiger partial charge in [0.25, 0.3) is 0 Å². The van der Waals surface area contributed by atoms with Crippen molar-refractivity contribution in [2.75, 3.05) is 13.2 Å². The van der Waals surface area contributed by atoms with E-state index < -0.39 is 0 Å². The number of hydrogen-bond donors (Lipinski definition) is 5. The molecule has 2 heterocycles. The summed E-state index contributed by atoms with van der Waals surface area (Å²) in [4.78, 5) is 66.6. The van der Waals surface area contributed by atoms with Gasteiger partial charge in [0.15, 0.2) is 5.78 Å². The fourth-order valence-corrected chi connectivity index (χ4v) is 12.9. The molecule has 0 bridgehead atoms. The van der Waals surface area contributed by atoms with Gasteiger partial charge in [-0.1, -0.05) is 155 Å². The van der Waals surface area contributed by atoms with Crippen molar-refractivity contribution < 1.29 is 68.5 Å². The fourth-order valence-electron chi connectivity index (χ4n) is 12.9. The van der Waals surface area contributed by atoms with Crippen molar-refractivity contribution in [3.63, 3.8) is 0 Å². The quantitative estimate of drug-likeness (QED) is 0.0120. The summed E-state index contributed by atoms with van der Waals surface area (Å²) in [6.07, 6.45) is 5.67. The Morgan fingerprint density at radius 2 is 0.752 bits per heavy atom. The molecule has 0 saturated carbocycles. The number of rotatable bonds is 20. The molecule has 2 saturated heterocycles. The Hall–Kier alpha value is -7.77.